The molecule has 3 rings (SSSR count). The summed E-state index contributed by atoms with van der Waals surface area (Å²) in [6, 6.07) is 14.2. The van der Waals surface area contributed by atoms with Crippen molar-refractivity contribution in [2.24, 2.45) is 7.05 Å². The summed E-state index contributed by atoms with van der Waals surface area (Å²) in [4.78, 5) is 0. The minimum absolute atomic E-state index is 0.544. The van der Waals surface area contributed by atoms with Crippen LogP contribution in [0, 0.1) is 6.92 Å². The van der Waals surface area contributed by atoms with Crippen LogP contribution in [0.2, 0.25) is 0 Å². The van der Waals surface area contributed by atoms with Crippen LogP contribution in [0.3, 0.4) is 0 Å². The lowest BCUT2D eigenvalue weighted by atomic mass is 10.2. The quantitative estimate of drug-likeness (QED) is 0.718. The van der Waals surface area contributed by atoms with Gasteiger partial charge in [0.25, 0.3) is 0 Å². The van der Waals surface area contributed by atoms with Gasteiger partial charge in [-0.25, -0.2) is 0 Å². The zero-order valence-electron chi connectivity index (χ0n) is 11.4. The lowest BCUT2D eigenvalue weighted by Crippen LogP contribution is -1.99. The van der Waals surface area contributed by atoms with E-state index in [9.17, 15) is 0 Å². The predicted molar refractivity (Wildman–Crippen MR) is 83.9 cm³/mol. The van der Waals surface area contributed by atoms with Crippen molar-refractivity contribution >= 4 is 26.8 Å². The first-order valence-corrected chi connectivity index (χ1v) is 7.24. The van der Waals surface area contributed by atoms with Crippen LogP contribution in [-0.2, 0) is 13.7 Å². The number of hydrogen-bond acceptors (Lipinski definition) is 2. The maximum Gasteiger partial charge on any atom is 0.159 e. The van der Waals surface area contributed by atoms with Crippen molar-refractivity contribution in [3.8, 4) is 5.75 Å². The second-order valence-electron chi connectivity index (χ2n) is 4.76. The van der Waals surface area contributed by atoms with Gasteiger partial charge in [-0.15, -0.1) is 0 Å². The predicted octanol–water partition coefficient (Wildman–Crippen LogP) is 4.22. The zero-order chi connectivity index (χ0) is 14.1. The maximum atomic E-state index is 6.02. The minimum Gasteiger partial charge on any atom is -0.485 e. The third-order valence-corrected chi connectivity index (χ3v) is 3.95. The van der Waals surface area contributed by atoms with E-state index in [2.05, 4.69) is 39.2 Å². The Morgan fingerprint density at radius 3 is 2.65 bits per heavy atom. The molecule has 3 aromatic rings. The Hall–Kier alpha value is -1.81. The molecule has 1 heterocycles. The molecule has 0 N–H and O–H groups in total. The van der Waals surface area contributed by atoms with E-state index in [1.165, 1.54) is 0 Å². The van der Waals surface area contributed by atoms with Crippen molar-refractivity contribution < 1.29 is 4.74 Å². The summed E-state index contributed by atoms with van der Waals surface area (Å²) < 4.78 is 8.84. The van der Waals surface area contributed by atoms with Gasteiger partial charge in [-0.3, -0.25) is 4.68 Å². The fourth-order valence-corrected chi connectivity index (χ4v) is 2.79. The molecule has 0 aliphatic rings. The maximum absolute atomic E-state index is 6.02. The van der Waals surface area contributed by atoms with Crippen molar-refractivity contribution in [3.05, 3.63) is 58.2 Å². The average molecular weight is 331 g/mol. The number of hydrogen-bond donors (Lipinski definition) is 0. The number of aryl methyl sites for hydroxylation is 2. The summed E-state index contributed by atoms with van der Waals surface area (Å²) in [6.45, 7) is 2.56. The van der Waals surface area contributed by atoms with Gasteiger partial charge in [0, 0.05) is 12.4 Å². The molecular formula is C16H15BrN2O. The molecule has 0 unspecified atom stereocenters. The van der Waals surface area contributed by atoms with Crippen molar-refractivity contribution in [2.75, 3.05) is 0 Å². The van der Waals surface area contributed by atoms with E-state index in [0.29, 0.717) is 6.61 Å². The molecule has 3 nitrogen and oxygen atoms in total. The van der Waals surface area contributed by atoms with Crippen molar-refractivity contribution in [3.63, 3.8) is 0 Å². The lowest BCUT2D eigenvalue weighted by molar-refractivity contribution is 0.306. The fourth-order valence-electron chi connectivity index (χ4n) is 2.36. The molecule has 0 aliphatic heterocycles. The first-order valence-electron chi connectivity index (χ1n) is 6.45. The monoisotopic (exact) mass is 330 g/mol. The molecule has 4 heteroatoms. The van der Waals surface area contributed by atoms with Crippen LogP contribution in [0.15, 0.2) is 46.9 Å². The van der Waals surface area contributed by atoms with Crippen LogP contribution in [0.4, 0.5) is 0 Å². The topological polar surface area (TPSA) is 27.1 Å². The normalized spacial score (nSPS) is 10.9. The van der Waals surface area contributed by atoms with E-state index in [1.54, 1.807) is 0 Å². The van der Waals surface area contributed by atoms with E-state index in [-0.39, 0.29) is 0 Å². The van der Waals surface area contributed by atoms with Crippen molar-refractivity contribution in [2.45, 2.75) is 13.5 Å². The van der Waals surface area contributed by atoms with Crippen LogP contribution in [0.5, 0.6) is 5.75 Å². The van der Waals surface area contributed by atoms with Crippen LogP contribution >= 0.6 is 15.9 Å². The molecule has 1 aromatic heterocycles. The van der Waals surface area contributed by atoms with Crippen LogP contribution in [0.25, 0.3) is 10.9 Å². The minimum atomic E-state index is 0.544. The Morgan fingerprint density at radius 1 is 1.15 bits per heavy atom. The highest BCUT2D eigenvalue weighted by Crippen LogP contribution is 2.35. The largest absolute Gasteiger partial charge is 0.485 e. The van der Waals surface area contributed by atoms with Crippen LogP contribution < -0.4 is 4.74 Å². The molecule has 20 heavy (non-hydrogen) atoms. The number of rotatable bonds is 3. The zero-order valence-corrected chi connectivity index (χ0v) is 13.0. The molecule has 0 saturated heterocycles. The Labute approximate surface area is 126 Å². The average Bonchev–Trinajstić information content (AvgIpc) is 2.74. The summed E-state index contributed by atoms with van der Waals surface area (Å²) in [5.74, 6) is 0.842. The molecule has 0 spiro atoms. The molecule has 0 atom stereocenters. The number of halogens is 1. The number of benzene rings is 2. The highest BCUT2D eigenvalue weighted by Gasteiger charge is 2.14. The molecule has 0 amide bonds. The number of nitrogens with zero attached hydrogens (tertiary/aromatic N) is 2. The molecule has 2 aromatic carbocycles. The highest BCUT2D eigenvalue weighted by atomic mass is 79.9. The molecular weight excluding hydrogens is 316 g/mol. The summed E-state index contributed by atoms with van der Waals surface area (Å²) in [5, 5.41) is 5.59. The van der Waals surface area contributed by atoms with Gasteiger partial charge in [0.1, 0.15) is 12.1 Å². The summed E-state index contributed by atoms with van der Waals surface area (Å²) in [5.41, 5.74) is 3.18. The second-order valence-corrected chi connectivity index (χ2v) is 5.61. The lowest BCUT2D eigenvalue weighted by Gasteiger charge is -2.10. The third kappa shape index (κ3) is 2.31. The Kier molecular flexibility index (Phi) is 3.49. The van der Waals surface area contributed by atoms with Gasteiger partial charge in [0.15, 0.2) is 5.75 Å². The van der Waals surface area contributed by atoms with Gasteiger partial charge in [0.05, 0.1) is 10.2 Å². The van der Waals surface area contributed by atoms with Crippen molar-refractivity contribution in [1.82, 2.24) is 9.78 Å². The van der Waals surface area contributed by atoms with E-state index in [4.69, 9.17) is 4.74 Å². The number of aromatic nitrogens is 2. The van der Waals surface area contributed by atoms with Gasteiger partial charge in [0.2, 0.25) is 0 Å². The standard InChI is InChI=1S/C16H15BrN2O/c1-11-13-8-9-14(17)16(15(13)19(2)18-11)20-10-12-6-4-3-5-7-12/h3-9H,10H2,1-2H3. The molecule has 0 aliphatic carbocycles. The fraction of sp³-hybridized carbons (Fsp3) is 0.188. The summed E-state index contributed by atoms with van der Waals surface area (Å²) >= 11 is 3.57. The van der Waals surface area contributed by atoms with Gasteiger partial charge in [-0.2, -0.15) is 5.10 Å². The highest BCUT2D eigenvalue weighted by molar-refractivity contribution is 9.10. The van der Waals surface area contributed by atoms with E-state index >= 15 is 0 Å². The molecule has 102 valence electrons. The SMILES string of the molecule is Cc1nn(C)c2c(OCc3ccccc3)c(Br)ccc12. The number of ether oxygens (including phenoxy) is 1. The molecule has 0 fully saturated rings. The van der Waals surface area contributed by atoms with Gasteiger partial charge < -0.3 is 4.74 Å². The summed E-state index contributed by atoms with van der Waals surface area (Å²) in [7, 11) is 1.94. The van der Waals surface area contributed by atoms with Gasteiger partial charge in [-0.1, -0.05) is 30.3 Å². The molecule has 0 saturated carbocycles. The first-order chi connectivity index (χ1) is 9.66. The summed E-state index contributed by atoms with van der Waals surface area (Å²) in [6.07, 6.45) is 0. The van der Waals surface area contributed by atoms with E-state index in [1.807, 2.05) is 42.9 Å². The third-order valence-electron chi connectivity index (χ3n) is 3.32. The van der Waals surface area contributed by atoms with Crippen LogP contribution in [0.1, 0.15) is 11.3 Å². The molecule has 0 bridgehead atoms. The molecule has 0 radical (unpaired) electrons. The second kappa shape index (κ2) is 5.29. The van der Waals surface area contributed by atoms with Gasteiger partial charge in [-0.05, 0) is 40.5 Å². The Bertz CT molecular complexity index is 750. The Balaban J connectivity index is 2.00. The first kappa shape index (κ1) is 13.2. The van der Waals surface area contributed by atoms with Crippen molar-refractivity contribution in [1.29, 1.82) is 0 Å². The van der Waals surface area contributed by atoms with E-state index < -0.39 is 0 Å². The smallest absolute Gasteiger partial charge is 0.159 e. The van der Waals surface area contributed by atoms with E-state index in [0.717, 1.165) is 32.4 Å². The Morgan fingerprint density at radius 2 is 1.90 bits per heavy atom. The number of fused-ring (bicyclic) bond motifs is 1. The van der Waals surface area contributed by atoms with Gasteiger partial charge >= 0.3 is 0 Å². The van der Waals surface area contributed by atoms with Crippen LogP contribution in [-0.4, -0.2) is 9.78 Å².